The van der Waals surface area contributed by atoms with Crippen molar-refractivity contribution in [2.45, 2.75) is 43.6 Å². The van der Waals surface area contributed by atoms with Gasteiger partial charge in [0.1, 0.15) is 6.04 Å². The van der Waals surface area contributed by atoms with Gasteiger partial charge in [-0.25, -0.2) is 4.79 Å². The van der Waals surface area contributed by atoms with E-state index < -0.39 is 17.4 Å². The second-order valence-corrected chi connectivity index (χ2v) is 5.93. The number of aliphatic carboxylic acids is 1. The minimum atomic E-state index is -0.914. The van der Waals surface area contributed by atoms with Crippen molar-refractivity contribution in [1.82, 2.24) is 5.32 Å². The summed E-state index contributed by atoms with van der Waals surface area (Å²) in [6.45, 7) is 0. The van der Waals surface area contributed by atoms with Gasteiger partial charge in [0.25, 0.3) is 0 Å². The number of carboxylic acids is 1. The van der Waals surface area contributed by atoms with Crippen LogP contribution in [0, 0.1) is 5.92 Å². The maximum absolute atomic E-state index is 12.6. The fourth-order valence-corrected chi connectivity index (χ4v) is 3.02. The van der Waals surface area contributed by atoms with E-state index in [0.717, 1.165) is 37.7 Å². The van der Waals surface area contributed by atoms with E-state index in [4.69, 9.17) is 0 Å². The quantitative estimate of drug-likeness (QED) is 0.863. The van der Waals surface area contributed by atoms with Crippen LogP contribution in [-0.2, 0) is 15.0 Å². The largest absolute Gasteiger partial charge is 0.480 e. The maximum atomic E-state index is 12.6. The molecule has 20 heavy (non-hydrogen) atoms. The first-order valence-corrected chi connectivity index (χ1v) is 7.23. The van der Waals surface area contributed by atoms with Crippen molar-refractivity contribution < 1.29 is 14.7 Å². The van der Waals surface area contributed by atoms with E-state index in [0.29, 0.717) is 0 Å². The molecule has 3 rings (SSSR count). The van der Waals surface area contributed by atoms with Gasteiger partial charge in [0.05, 0.1) is 5.41 Å². The number of nitrogens with one attached hydrogen (secondary N) is 1. The number of hydrogen-bond donors (Lipinski definition) is 2. The Hall–Kier alpha value is -1.84. The van der Waals surface area contributed by atoms with Gasteiger partial charge in [-0.2, -0.15) is 0 Å². The van der Waals surface area contributed by atoms with Crippen molar-refractivity contribution in [2.24, 2.45) is 5.92 Å². The van der Waals surface area contributed by atoms with Gasteiger partial charge in [-0.1, -0.05) is 36.8 Å². The number of rotatable bonds is 5. The molecule has 0 radical (unpaired) electrons. The van der Waals surface area contributed by atoms with Gasteiger partial charge in [0.15, 0.2) is 0 Å². The van der Waals surface area contributed by atoms with Gasteiger partial charge in [0, 0.05) is 0 Å². The molecule has 2 aliphatic rings. The van der Waals surface area contributed by atoms with E-state index in [1.165, 1.54) is 0 Å². The molecule has 2 saturated carbocycles. The van der Waals surface area contributed by atoms with Crippen LogP contribution in [0.25, 0.3) is 0 Å². The van der Waals surface area contributed by atoms with Crippen LogP contribution in [0.15, 0.2) is 30.3 Å². The summed E-state index contributed by atoms with van der Waals surface area (Å²) in [4.78, 5) is 23.9. The van der Waals surface area contributed by atoms with Crippen LogP contribution in [0.5, 0.6) is 0 Å². The van der Waals surface area contributed by atoms with E-state index in [1.807, 2.05) is 30.3 Å². The highest BCUT2D eigenvalue weighted by atomic mass is 16.4. The molecule has 1 amide bonds. The van der Waals surface area contributed by atoms with Crippen LogP contribution in [0.2, 0.25) is 0 Å². The van der Waals surface area contributed by atoms with Gasteiger partial charge < -0.3 is 10.4 Å². The molecule has 0 aliphatic heterocycles. The first-order chi connectivity index (χ1) is 9.63. The zero-order chi connectivity index (χ0) is 14.2. The molecule has 1 unspecified atom stereocenters. The van der Waals surface area contributed by atoms with Crippen LogP contribution in [0.1, 0.15) is 37.7 Å². The number of carbonyl (C=O) groups is 2. The molecule has 0 spiro atoms. The molecule has 106 valence electrons. The second kappa shape index (κ2) is 4.93. The third-order valence-electron chi connectivity index (χ3n) is 4.61. The SMILES string of the molecule is O=C(O)C(NC(=O)C1(c2ccccc2)CCC1)C1CC1. The first kappa shape index (κ1) is 13.2. The molecule has 0 heterocycles. The summed E-state index contributed by atoms with van der Waals surface area (Å²) in [6.07, 6.45) is 4.42. The molecular weight excluding hydrogens is 254 g/mol. The van der Waals surface area contributed by atoms with Crippen LogP contribution >= 0.6 is 0 Å². The number of carbonyl (C=O) groups excluding carboxylic acids is 1. The topological polar surface area (TPSA) is 66.4 Å². The van der Waals surface area contributed by atoms with Crippen molar-refractivity contribution >= 4 is 11.9 Å². The van der Waals surface area contributed by atoms with Crippen LogP contribution in [-0.4, -0.2) is 23.0 Å². The lowest BCUT2D eigenvalue weighted by atomic mass is 9.63. The lowest BCUT2D eigenvalue weighted by Crippen LogP contribution is -2.54. The summed E-state index contributed by atoms with van der Waals surface area (Å²) in [5.41, 5.74) is 0.493. The summed E-state index contributed by atoms with van der Waals surface area (Å²) in [5.74, 6) is -0.915. The first-order valence-electron chi connectivity index (χ1n) is 7.23. The fraction of sp³-hybridized carbons (Fsp3) is 0.500. The zero-order valence-electron chi connectivity index (χ0n) is 11.3. The summed E-state index contributed by atoms with van der Waals surface area (Å²) in [5, 5.41) is 12.0. The highest BCUT2D eigenvalue weighted by Crippen LogP contribution is 2.44. The van der Waals surface area contributed by atoms with Crippen molar-refractivity contribution in [3.63, 3.8) is 0 Å². The molecule has 4 nitrogen and oxygen atoms in total. The molecule has 1 atom stereocenters. The van der Waals surface area contributed by atoms with Crippen molar-refractivity contribution in [1.29, 1.82) is 0 Å². The maximum Gasteiger partial charge on any atom is 0.326 e. The van der Waals surface area contributed by atoms with Crippen molar-refractivity contribution in [3.05, 3.63) is 35.9 Å². The van der Waals surface area contributed by atoms with Gasteiger partial charge in [-0.15, -0.1) is 0 Å². The molecule has 2 fully saturated rings. The number of hydrogen-bond acceptors (Lipinski definition) is 2. The Labute approximate surface area is 118 Å². The van der Waals surface area contributed by atoms with E-state index in [1.54, 1.807) is 0 Å². The monoisotopic (exact) mass is 273 g/mol. The van der Waals surface area contributed by atoms with Crippen molar-refractivity contribution in [2.75, 3.05) is 0 Å². The summed E-state index contributed by atoms with van der Waals surface area (Å²) < 4.78 is 0. The molecule has 2 aliphatic carbocycles. The van der Waals surface area contributed by atoms with Crippen LogP contribution in [0.4, 0.5) is 0 Å². The van der Waals surface area contributed by atoms with Gasteiger partial charge in [-0.05, 0) is 37.2 Å². The smallest absolute Gasteiger partial charge is 0.326 e. The van der Waals surface area contributed by atoms with Crippen LogP contribution < -0.4 is 5.32 Å². The zero-order valence-corrected chi connectivity index (χ0v) is 11.3. The Morgan fingerprint density at radius 3 is 2.30 bits per heavy atom. The Kier molecular flexibility index (Phi) is 3.24. The molecule has 1 aromatic carbocycles. The van der Waals surface area contributed by atoms with E-state index >= 15 is 0 Å². The van der Waals surface area contributed by atoms with Crippen molar-refractivity contribution in [3.8, 4) is 0 Å². The van der Waals surface area contributed by atoms with Crippen LogP contribution in [0.3, 0.4) is 0 Å². The van der Waals surface area contributed by atoms with E-state index in [2.05, 4.69) is 5.32 Å². The van der Waals surface area contributed by atoms with Gasteiger partial charge in [0.2, 0.25) is 5.91 Å². The normalized spacial score (nSPS) is 21.6. The predicted octanol–water partition coefficient (Wildman–Crippen LogP) is 2.09. The average Bonchev–Trinajstić information content (AvgIpc) is 3.20. The Morgan fingerprint density at radius 2 is 1.85 bits per heavy atom. The standard InChI is InChI=1S/C16H19NO3/c18-14(19)13(11-7-8-11)17-15(20)16(9-4-10-16)12-5-2-1-3-6-12/h1-3,5-6,11,13H,4,7-10H2,(H,17,20)(H,18,19). The van der Waals surface area contributed by atoms with Gasteiger partial charge >= 0.3 is 5.97 Å². The Morgan fingerprint density at radius 1 is 1.20 bits per heavy atom. The third-order valence-corrected chi connectivity index (χ3v) is 4.61. The Bertz CT molecular complexity index is 518. The average molecular weight is 273 g/mol. The molecule has 0 aromatic heterocycles. The minimum absolute atomic E-state index is 0.115. The highest BCUT2D eigenvalue weighted by Gasteiger charge is 2.48. The number of amides is 1. The van der Waals surface area contributed by atoms with Gasteiger partial charge in [-0.3, -0.25) is 4.79 Å². The number of benzene rings is 1. The number of carboxylic acid groups (broad SMARTS) is 1. The Balaban J connectivity index is 1.79. The molecular formula is C16H19NO3. The molecule has 0 bridgehead atoms. The lowest BCUT2D eigenvalue weighted by molar-refractivity contribution is -0.144. The second-order valence-electron chi connectivity index (χ2n) is 5.93. The molecule has 2 N–H and O–H groups in total. The predicted molar refractivity (Wildman–Crippen MR) is 74.3 cm³/mol. The molecule has 0 saturated heterocycles. The molecule has 1 aromatic rings. The summed E-state index contributed by atoms with van der Waals surface area (Å²) in [6, 6.07) is 9.00. The molecule has 4 heteroatoms. The highest BCUT2D eigenvalue weighted by molar-refractivity contribution is 5.92. The minimum Gasteiger partial charge on any atom is -0.480 e. The summed E-state index contributed by atoms with van der Waals surface area (Å²) in [7, 11) is 0. The summed E-state index contributed by atoms with van der Waals surface area (Å²) >= 11 is 0. The lowest BCUT2D eigenvalue weighted by Gasteiger charge is -2.41. The van der Waals surface area contributed by atoms with E-state index in [-0.39, 0.29) is 11.8 Å². The third kappa shape index (κ3) is 2.19. The van der Waals surface area contributed by atoms with E-state index in [9.17, 15) is 14.7 Å². The fourth-order valence-electron chi connectivity index (χ4n) is 3.02.